The fourth-order valence-electron chi connectivity index (χ4n) is 3.84. The Morgan fingerprint density at radius 2 is 2.31 bits per heavy atom. The second-order valence-corrected chi connectivity index (χ2v) is 7.36. The number of rotatable bonds is 2. The second-order valence-electron chi connectivity index (χ2n) is 5.81. The lowest BCUT2D eigenvalue weighted by Gasteiger charge is -2.33. The minimum Gasteiger partial charge on any atom is -0.312 e. The molecule has 0 amide bonds. The lowest BCUT2D eigenvalue weighted by Crippen LogP contribution is -2.45. The summed E-state index contributed by atoms with van der Waals surface area (Å²) >= 11 is 2.14. The van der Waals surface area contributed by atoms with E-state index in [0.29, 0.717) is 0 Å². The fraction of sp³-hybridized carbons (Fsp3) is 1.00. The van der Waals surface area contributed by atoms with E-state index in [0.717, 1.165) is 23.1 Å². The number of fused-ring (bicyclic) bond motifs is 1. The molecular weight excluding hydrogens is 216 g/mol. The van der Waals surface area contributed by atoms with Crippen LogP contribution in [0.25, 0.3) is 0 Å². The van der Waals surface area contributed by atoms with Crippen molar-refractivity contribution in [3.05, 3.63) is 0 Å². The van der Waals surface area contributed by atoms with E-state index in [1.807, 2.05) is 0 Å². The summed E-state index contributed by atoms with van der Waals surface area (Å²) in [6, 6.07) is 0.808. The van der Waals surface area contributed by atoms with Gasteiger partial charge in [0.15, 0.2) is 0 Å². The predicted octanol–water partition coefficient (Wildman–Crippen LogP) is 1.81. The summed E-state index contributed by atoms with van der Waals surface area (Å²) in [5.41, 5.74) is 0. The van der Waals surface area contributed by atoms with Gasteiger partial charge in [0.25, 0.3) is 0 Å². The number of nitrogens with one attached hydrogen (secondary N) is 1. The van der Waals surface area contributed by atoms with E-state index in [1.165, 1.54) is 51.2 Å². The zero-order valence-electron chi connectivity index (χ0n) is 10.3. The van der Waals surface area contributed by atoms with Crippen LogP contribution in [-0.2, 0) is 0 Å². The average molecular weight is 240 g/mol. The zero-order valence-corrected chi connectivity index (χ0v) is 11.1. The molecule has 16 heavy (non-hydrogen) atoms. The second kappa shape index (κ2) is 4.87. The van der Waals surface area contributed by atoms with Gasteiger partial charge in [-0.25, -0.2) is 0 Å². The topological polar surface area (TPSA) is 15.3 Å². The first kappa shape index (κ1) is 11.4. The summed E-state index contributed by atoms with van der Waals surface area (Å²) in [5.74, 6) is 3.36. The molecule has 0 bridgehead atoms. The summed E-state index contributed by atoms with van der Waals surface area (Å²) < 4.78 is 0. The van der Waals surface area contributed by atoms with Gasteiger partial charge >= 0.3 is 0 Å². The summed E-state index contributed by atoms with van der Waals surface area (Å²) in [4.78, 5) is 2.69. The molecule has 3 aliphatic rings. The first-order valence-corrected chi connectivity index (χ1v) is 7.95. The van der Waals surface area contributed by atoms with Gasteiger partial charge in [0.2, 0.25) is 0 Å². The van der Waals surface area contributed by atoms with Gasteiger partial charge in [0.1, 0.15) is 0 Å². The molecule has 1 saturated carbocycles. The maximum atomic E-state index is 3.77. The molecule has 0 aromatic heterocycles. The maximum absolute atomic E-state index is 3.77. The van der Waals surface area contributed by atoms with E-state index >= 15 is 0 Å². The molecule has 3 rings (SSSR count). The van der Waals surface area contributed by atoms with E-state index in [9.17, 15) is 0 Å². The number of thioether (sulfide) groups is 1. The molecule has 2 heterocycles. The summed E-state index contributed by atoms with van der Waals surface area (Å²) in [6.45, 7) is 7.60. The van der Waals surface area contributed by atoms with Gasteiger partial charge in [0, 0.05) is 36.7 Å². The van der Waals surface area contributed by atoms with E-state index < -0.39 is 0 Å². The predicted molar refractivity (Wildman–Crippen MR) is 71.0 cm³/mol. The zero-order chi connectivity index (χ0) is 11.0. The fourth-order valence-corrected chi connectivity index (χ4v) is 4.92. The summed E-state index contributed by atoms with van der Waals surface area (Å²) in [5, 5.41) is 4.61. The monoisotopic (exact) mass is 240 g/mol. The van der Waals surface area contributed by atoms with E-state index in [2.05, 4.69) is 28.9 Å². The molecule has 0 aromatic carbocycles. The Bertz CT molecular complexity index is 246. The van der Waals surface area contributed by atoms with Crippen LogP contribution < -0.4 is 5.32 Å². The third-order valence-corrected chi connectivity index (χ3v) is 5.79. The van der Waals surface area contributed by atoms with Gasteiger partial charge in [-0.1, -0.05) is 13.3 Å². The first-order valence-electron chi connectivity index (χ1n) is 6.90. The molecule has 4 unspecified atom stereocenters. The number of nitrogens with zero attached hydrogens (tertiary/aromatic N) is 1. The molecule has 3 heteroatoms. The highest BCUT2D eigenvalue weighted by Crippen LogP contribution is 2.38. The van der Waals surface area contributed by atoms with Crippen LogP contribution in [0.4, 0.5) is 0 Å². The van der Waals surface area contributed by atoms with Gasteiger partial charge < -0.3 is 5.32 Å². The van der Waals surface area contributed by atoms with Crippen molar-refractivity contribution in [2.75, 3.05) is 31.9 Å². The normalized spacial score (nSPS) is 44.8. The van der Waals surface area contributed by atoms with Crippen molar-refractivity contribution in [1.29, 1.82) is 0 Å². The third-order valence-electron chi connectivity index (χ3n) is 4.66. The minimum atomic E-state index is 0.808. The molecule has 1 aliphatic carbocycles. The van der Waals surface area contributed by atoms with Gasteiger partial charge in [0.05, 0.1) is 0 Å². The van der Waals surface area contributed by atoms with Crippen LogP contribution in [0, 0.1) is 11.8 Å². The molecule has 0 aromatic rings. The number of hydrogen-bond donors (Lipinski definition) is 1. The van der Waals surface area contributed by atoms with E-state index in [4.69, 9.17) is 0 Å². The summed E-state index contributed by atoms with van der Waals surface area (Å²) in [6.07, 6.45) is 4.46. The lowest BCUT2D eigenvalue weighted by molar-refractivity contribution is 0.234. The van der Waals surface area contributed by atoms with Gasteiger partial charge in [-0.2, -0.15) is 11.8 Å². The molecule has 4 atom stereocenters. The standard InChI is InChI=1S/C13H24N2S/c1-10-8-15(5-6-16-10)9-13-12-4-2-3-11(12)7-14-13/h10-14H,2-9H2,1H3. The summed E-state index contributed by atoms with van der Waals surface area (Å²) in [7, 11) is 0. The van der Waals surface area contributed by atoms with Crippen molar-refractivity contribution in [1.82, 2.24) is 10.2 Å². The number of hydrogen-bond acceptors (Lipinski definition) is 3. The van der Waals surface area contributed by atoms with Crippen LogP contribution >= 0.6 is 11.8 Å². The van der Waals surface area contributed by atoms with Gasteiger partial charge in [-0.15, -0.1) is 0 Å². The van der Waals surface area contributed by atoms with Crippen molar-refractivity contribution < 1.29 is 0 Å². The smallest absolute Gasteiger partial charge is 0.0226 e. The Kier molecular flexibility index (Phi) is 3.46. The molecule has 92 valence electrons. The van der Waals surface area contributed by atoms with Crippen molar-refractivity contribution in [2.24, 2.45) is 11.8 Å². The van der Waals surface area contributed by atoms with Crippen LogP contribution in [-0.4, -0.2) is 48.1 Å². The van der Waals surface area contributed by atoms with Crippen molar-refractivity contribution in [3.8, 4) is 0 Å². The van der Waals surface area contributed by atoms with Crippen molar-refractivity contribution >= 4 is 11.8 Å². The molecule has 2 saturated heterocycles. The van der Waals surface area contributed by atoms with E-state index in [-0.39, 0.29) is 0 Å². The Hall–Kier alpha value is 0.270. The minimum absolute atomic E-state index is 0.808. The van der Waals surface area contributed by atoms with Gasteiger partial charge in [-0.3, -0.25) is 4.90 Å². The SMILES string of the molecule is CC1CN(CC2NCC3CCCC32)CCS1. The highest BCUT2D eigenvalue weighted by molar-refractivity contribution is 7.99. The Balaban J connectivity index is 1.54. The van der Waals surface area contributed by atoms with Crippen LogP contribution in [0.15, 0.2) is 0 Å². The van der Waals surface area contributed by atoms with Crippen LogP contribution in [0.1, 0.15) is 26.2 Å². The molecule has 1 N–H and O–H groups in total. The molecule has 3 fully saturated rings. The quantitative estimate of drug-likeness (QED) is 0.792. The third kappa shape index (κ3) is 2.27. The van der Waals surface area contributed by atoms with Crippen LogP contribution in [0.2, 0.25) is 0 Å². The highest BCUT2D eigenvalue weighted by atomic mass is 32.2. The maximum Gasteiger partial charge on any atom is 0.0226 e. The molecule has 2 aliphatic heterocycles. The molecule has 0 spiro atoms. The molecule has 2 nitrogen and oxygen atoms in total. The first-order chi connectivity index (χ1) is 7.83. The Morgan fingerprint density at radius 1 is 1.38 bits per heavy atom. The van der Waals surface area contributed by atoms with Crippen LogP contribution in [0.5, 0.6) is 0 Å². The molecule has 0 radical (unpaired) electrons. The highest BCUT2D eigenvalue weighted by Gasteiger charge is 2.39. The Morgan fingerprint density at radius 3 is 3.19 bits per heavy atom. The largest absolute Gasteiger partial charge is 0.312 e. The van der Waals surface area contributed by atoms with Gasteiger partial charge in [-0.05, 0) is 31.2 Å². The van der Waals surface area contributed by atoms with Crippen molar-refractivity contribution in [2.45, 2.75) is 37.5 Å². The lowest BCUT2D eigenvalue weighted by atomic mass is 9.94. The van der Waals surface area contributed by atoms with Crippen molar-refractivity contribution in [3.63, 3.8) is 0 Å². The van der Waals surface area contributed by atoms with E-state index in [1.54, 1.807) is 0 Å². The molecular formula is C13H24N2S. The Labute approximate surface area is 104 Å². The van der Waals surface area contributed by atoms with Crippen LogP contribution in [0.3, 0.4) is 0 Å². The average Bonchev–Trinajstić information content (AvgIpc) is 2.83.